The average Bonchev–Trinajstić information content (AvgIpc) is 2.52. The molecule has 1 atom stereocenters. The number of aryl methyl sites for hydroxylation is 1. The highest BCUT2D eigenvalue weighted by atomic mass is 35.5. The minimum Gasteiger partial charge on any atom is -0.322 e. The van der Waals surface area contributed by atoms with Crippen LogP contribution in [0.25, 0.3) is 0 Å². The first kappa shape index (κ1) is 18.9. The second kappa shape index (κ2) is 8.60. The summed E-state index contributed by atoms with van der Waals surface area (Å²) in [5.74, 6) is -1.19. The molecule has 0 aliphatic rings. The third-order valence-corrected chi connectivity index (χ3v) is 3.70. The van der Waals surface area contributed by atoms with E-state index >= 15 is 0 Å². The van der Waals surface area contributed by atoms with Gasteiger partial charge in [-0.15, -0.1) is 0 Å². The summed E-state index contributed by atoms with van der Waals surface area (Å²) < 4.78 is 13.7. The molecule has 0 bridgehead atoms. The van der Waals surface area contributed by atoms with Crippen molar-refractivity contribution in [2.24, 2.45) is 0 Å². The quantitative estimate of drug-likeness (QED) is 0.733. The van der Waals surface area contributed by atoms with E-state index in [1.165, 1.54) is 12.1 Å². The minimum atomic E-state index is -0.601. The molecule has 0 aliphatic heterocycles. The molecule has 2 amide bonds. The van der Waals surface area contributed by atoms with Gasteiger partial charge in [-0.2, -0.15) is 0 Å². The predicted molar refractivity (Wildman–Crippen MR) is 96.5 cm³/mol. The molecular formula is C18H20ClFN3O2+. The van der Waals surface area contributed by atoms with Gasteiger partial charge < -0.3 is 15.5 Å². The fourth-order valence-electron chi connectivity index (χ4n) is 2.24. The molecule has 2 rings (SSSR count). The summed E-state index contributed by atoms with van der Waals surface area (Å²) in [5, 5.41) is 5.50. The lowest BCUT2D eigenvalue weighted by atomic mass is 10.2. The van der Waals surface area contributed by atoms with Gasteiger partial charge in [-0.25, -0.2) is 4.39 Å². The number of hydrogen-bond acceptors (Lipinski definition) is 2. The van der Waals surface area contributed by atoms with Crippen LogP contribution in [-0.4, -0.2) is 32.0 Å². The van der Waals surface area contributed by atoms with Gasteiger partial charge in [0.1, 0.15) is 5.82 Å². The van der Waals surface area contributed by atoms with E-state index in [1.807, 2.05) is 31.2 Å². The summed E-state index contributed by atoms with van der Waals surface area (Å²) in [5.41, 5.74) is 1.87. The SMILES string of the molecule is Cc1ccc(NC(=O)C[NH+](C)CC(=O)Nc2ccc(Cl)cc2F)cc1. The molecule has 0 fully saturated rings. The van der Waals surface area contributed by atoms with Gasteiger partial charge >= 0.3 is 0 Å². The zero-order valence-corrected chi connectivity index (χ0v) is 14.8. The fraction of sp³-hybridized carbons (Fsp3) is 0.222. The monoisotopic (exact) mass is 364 g/mol. The molecule has 1 unspecified atom stereocenters. The van der Waals surface area contributed by atoms with Crippen LogP contribution in [-0.2, 0) is 9.59 Å². The van der Waals surface area contributed by atoms with Crippen molar-refractivity contribution < 1.29 is 18.9 Å². The number of likely N-dealkylation sites (N-methyl/N-ethyl adjacent to an activating group) is 1. The zero-order valence-electron chi connectivity index (χ0n) is 14.0. The van der Waals surface area contributed by atoms with Crippen LogP contribution in [0.1, 0.15) is 5.56 Å². The Morgan fingerprint density at radius 3 is 2.24 bits per heavy atom. The Bertz CT molecular complexity index is 765. The predicted octanol–water partition coefficient (Wildman–Crippen LogP) is 1.88. The van der Waals surface area contributed by atoms with E-state index < -0.39 is 5.82 Å². The maximum atomic E-state index is 13.7. The van der Waals surface area contributed by atoms with E-state index in [0.717, 1.165) is 11.6 Å². The summed E-state index contributed by atoms with van der Waals surface area (Å²) in [7, 11) is 1.71. The normalized spacial score (nSPS) is 11.7. The van der Waals surface area contributed by atoms with E-state index in [9.17, 15) is 14.0 Å². The number of halogens is 2. The van der Waals surface area contributed by atoms with Crippen LogP contribution in [0.3, 0.4) is 0 Å². The van der Waals surface area contributed by atoms with Crippen molar-refractivity contribution in [2.75, 3.05) is 30.8 Å². The lowest BCUT2D eigenvalue weighted by molar-refractivity contribution is -0.862. The molecule has 0 spiro atoms. The summed E-state index contributed by atoms with van der Waals surface area (Å²) in [6.07, 6.45) is 0. The van der Waals surface area contributed by atoms with E-state index in [0.29, 0.717) is 10.6 Å². The number of nitrogens with one attached hydrogen (secondary N) is 3. The van der Waals surface area contributed by atoms with Crippen LogP contribution in [0.15, 0.2) is 42.5 Å². The van der Waals surface area contributed by atoms with E-state index in [-0.39, 0.29) is 35.6 Å². The minimum absolute atomic E-state index is 0.0311. The van der Waals surface area contributed by atoms with Crippen LogP contribution < -0.4 is 15.5 Å². The molecule has 0 saturated carbocycles. The highest BCUT2D eigenvalue weighted by Crippen LogP contribution is 2.18. The molecule has 2 aromatic rings. The van der Waals surface area contributed by atoms with Crippen molar-refractivity contribution in [2.45, 2.75) is 6.92 Å². The van der Waals surface area contributed by atoms with E-state index in [2.05, 4.69) is 10.6 Å². The third-order valence-electron chi connectivity index (χ3n) is 3.47. The Balaban J connectivity index is 1.82. The van der Waals surface area contributed by atoms with Crippen molar-refractivity contribution >= 4 is 34.8 Å². The molecule has 2 aromatic carbocycles. The molecule has 7 heteroatoms. The van der Waals surface area contributed by atoms with Crippen LogP contribution in [0.2, 0.25) is 5.02 Å². The number of hydrogen-bond donors (Lipinski definition) is 3. The zero-order chi connectivity index (χ0) is 18.4. The maximum Gasteiger partial charge on any atom is 0.279 e. The van der Waals surface area contributed by atoms with Crippen molar-refractivity contribution in [1.82, 2.24) is 0 Å². The Labute approximate surface area is 150 Å². The van der Waals surface area contributed by atoms with Crippen molar-refractivity contribution in [3.63, 3.8) is 0 Å². The first-order valence-electron chi connectivity index (χ1n) is 7.76. The molecule has 0 aromatic heterocycles. The largest absolute Gasteiger partial charge is 0.322 e. The molecule has 3 N–H and O–H groups in total. The highest BCUT2D eigenvalue weighted by molar-refractivity contribution is 6.30. The molecule has 5 nitrogen and oxygen atoms in total. The van der Waals surface area contributed by atoms with Gasteiger partial charge in [0.05, 0.1) is 12.7 Å². The second-order valence-corrected chi connectivity index (χ2v) is 6.33. The fourth-order valence-corrected chi connectivity index (χ4v) is 2.40. The maximum absolute atomic E-state index is 13.7. The first-order valence-corrected chi connectivity index (χ1v) is 8.14. The van der Waals surface area contributed by atoms with Gasteiger partial charge in [0, 0.05) is 10.7 Å². The number of carbonyl (C=O) groups excluding carboxylic acids is 2. The van der Waals surface area contributed by atoms with Crippen LogP contribution in [0.5, 0.6) is 0 Å². The van der Waals surface area contributed by atoms with Crippen LogP contribution >= 0.6 is 11.6 Å². The lowest BCUT2D eigenvalue weighted by Crippen LogP contribution is -3.11. The molecule has 0 radical (unpaired) electrons. The number of quaternary nitrogens is 1. The summed E-state index contributed by atoms with van der Waals surface area (Å²) in [4.78, 5) is 24.7. The third kappa shape index (κ3) is 6.17. The van der Waals surface area contributed by atoms with Gasteiger partial charge in [-0.05, 0) is 37.3 Å². The van der Waals surface area contributed by atoms with E-state index in [4.69, 9.17) is 11.6 Å². The van der Waals surface area contributed by atoms with Crippen LogP contribution in [0.4, 0.5) is 15.8 Å². The van der Waals surface area contributed by atoms with Gasteiger partial charge in [0.15, 0.2) is 13.1 Å². The van der Waals surface area contributed by atoms with Crippen LogP contribution in [0, 0.1) is 12.7 Å². The Morgan fingerprint density at radius 1 is 1.04 bits per heavy atom. The molecule has 0 saturated heterocycles. The van der Waals surface area contributed by atoms with E-state index in [1.54, 1.807) is 7.05 Å². The van der Waals surface area contributed by atoms with Crippen molar-refractivity contribution in [3.8, 4) is 0 Å². The number of anilines is 2. The van der Waals surface area contributed by atoms with Gasteiger partial charge in [-0.3, -0.25) is 9.59 Å². The average molecular weight is 365 g/mol. The molecule has 0 heterocycles. The number of rotatable bonds is 6. The summed E-state index contributed by atoms with van der Waals surface area (Å²) in [6, 6.07) is 11.5. The first-order chi connectivity index (χ1) is 11.8. The van der Waals surface area contributed by atoms with Crippen molar-refractivity contribution in [3.05, 3.63) is 58.9 Å². The molecular weight excluding hydrogens is 345 g/mol. The molecule has 132 valence electrons. The molecule has 0 aliphatic carbocycles. The van der Waals surface area contributed by atoms with Crippen molar-refractivity contribution in [1.29, 1.82) is 0 Å². The Hall–Kier alpha value is -2.44. The van der Waals surface area contributed by atoms with Gasteiger partial charge in [0.25, 0.3) is 11.8 Å². The standard InChI is InChI=1S/C18H19ClFN3O2/c1-12-3-6-14(7-4-12)21-17(24)10-23(2)11-18(25)22-16-8-5-13(19)9-15(16)20/h3-9H,10-11H2,1-2H3,(H,21,24)(H,22,25)/p+1. The summed E-state index contributed by atoms with van der Waals surface area (Å²) >= 11 is 5.67. The Morgan fingerprint density at radius 2 is 1.64 bits per heavy atom. The number of carbonyl (C=O) groups is 2. The summed E-state index contributed by atoms with van der Waals surface area (Å²) in [6.45, 7) is 2.11. The Kier molecular flexibility index (Phi) is 6.50. The van der Waals surface area contributed by atoms with Gasteiger partial charge in [0.2, 0.25) is 0 Å². The topological polar surface area (TPSA) is 62.6 Å². The highest BCUT2D eigenvalue weighted by Gasteiger charge is 2.15. The smallest absolute Gasteiger partial charge is 0.279 e. The lowest BCUT2D eigenvalue weighted by Gasteiger charge is -2.14. The van der Waals surface area contributed by atoms with Gasteiger partial charge in [-0.1, -0.05) is 29.3 Å². The molecule has 25 heavy (non-hydrogen) atoms. The second-order valence-electron chi connectivity index (χ2n) is 5.90. The number of benzene rings is 2. The number of amides is 2.